The fourth-order valence-corrected chi connectivity index (χ4v) is 2.53. The molecule has 108 valence electrons. The maximum absolute atomic E-state index is 9.96. The third-order valence-electron chi connectivity index (χ3n) is 3.56. The van der Waals surface area contributed by atoms with E-state index in [1.165, 1.54) is 11.1 Å². The van der Waals surface area contributed by atoms with E-state index in [-0.39, 0.29) is 0 Å². The number of hydrogen-bond acceptors (Lipinski definition) is 2. The van der Waals surface area contributed by atoms with Crippen molar-refractivity contribution in [1.29, 1.82) is 0 Å². The average molecular weight is 280 g/mol. The zero-order valence-corrected chi connectivity index (χ0v) is 12.7. The molecule has 3 rings (SSSR count). The summed E-state index contributed by atoms with van der Waals surface area (Å²) in [6, 6.07) is 14.8. The molecule has 2 aromatic carbocycles. The van der Waals surface area contributed by atoms with E-state index in [0.29, 0.717) is 6.54 Å². The van der Waals surface area contributed by atoms with Gasteiger partial charge in [-0.2, -0.15) is 0 Å². The molecule has 0 spiro atoms. The first-order valence-corrected chi connectivity index (χ1v) is 7.17. The highest BCUT2D eigenvalue weighted by Gasteiger charge is 2.15. The van der Waals surface area contributed by atoms with E-state index in [1.807, 2.05) is 4.57 Å². The molecule has 0 unspecified atom stereocenters. The van der Waals surface area contributed by atoms with Crippen LogP contribution < -0.4 is 0 Å². The van der Waals surface area contributed by atoms with Gasteiger partial charge in [0.15, 0.2) is 0 Å². The van der Waals surface area contributed by atoms with Crippen LogP contribution in [0, 0.1) is 6.92 Å². The Hall–Kier alpha value is -2.13. The summed E-state index contributed by atoms with van der Waals surface area (Å²) in [5.41, 5.74) is 4.87. The van der Waals surface area contributed by atoms with Gasteiger partial charge in [0.2, 0.25) is 0 Å². The minimum atomic E-state index is -0.747. The predicted octanol–water partition coefficient (Wildman–Crippen LogP) is 3.78. The van der Waals surface area contributed by atoms with Crippen LogP contribution in [-0.4, -0.2) is 20.3 Å². The molecule has 1 aromatic heterocycles. The SMILES string of the molecule is Cc1ccc(-c2ccc3c(c2)ncn3CC(C)(C)O)cc1. The van der Waals surface area contributed by atoms with Crippen LogP contribution in [0.3, 0.4) is 0 Å². The third kappa shape index (κ3) is 2.98. The predicted molar refractivity (Wildman–Crippen MR) is 86.2 cm³/mol. The minimum Gasteiger partial charge on any atom is -0.389 e. The maximum Gasteiger partial charge on any atom is 0.0959 e. The molecule has 0 radical (unpaired) electrons. The Balaban J connectivity index is 2.00. The number of nitrogens with zero attached hydrogens (tertiary/aromatic N) is 2. The van der Waals surface area contributed by atoms with Gasteiger partial charge in [-0.3, -0.25) is 0 Å². The molecule has 1 heterocycles. The van der Waals surface area contributed by atoms with Gasteiger partial charge >= 0.3 is 0 Å². The lowest BCUT2D eigenvalue weighted by molar-refractivity contribution is 0.0627. The van der Waals surface area contributed by atoms with Gasteiger partial charge in [-0.15, -0.1) is 0 Å². The zero-order valence-electron chi connectivity index (χ0n) is 12.7. The number of rotatable bonds is 3. The first kappa shape index (κ1) is 13.8. The van der Waals surface area contributed by atoms with Crippen molar-refractivity contribution >= 4 is 11.0 Å². The van der Waals surface area contributed by atoms with Crippen molar-refractivity contribution in [2.75, 3.05) is 0 Å². The summed E-state index contributed by atoms with van der Waals surface area (Å²) in [4.78, 5) is 4.46. The maximum atomic E-state index is 9.96. The van der Waals surface area contributed by atoms with Crippen molar-refractivity contribution in [3.63, 3.8) is 0 Å². The van der Waals surface area contributed by atoms with Crippen LogP contribution in [-0.2, 0) is 6.54 Å². The highest BCUT2D eigenvalue weighted by molar-refractivity contribution is 5.82. The van der Waals surface area contributed by atoms with Gasteiger partial charge in [-0.1, -0.05) is 35.9 Å². The third-order valence-corrected chi connectivity index (χ3v) is 3.56. The van der Waals surface area contributed by atoms with Gasteiger partial charge in [0, 0.05) is 0 Å². The number of imidazole rings is 1. The first-order valence-electron chi connectivity index (χ1n) is 7.17. The van der Waals surface area contributed by atoms with Crippen LogP contribution in [0.15, 0.2) is 48.8 Å². The van der Waals surface area contributed by atoms with E-state index in [9.17, 15) is 5.11 Å². The summed E-state index contributed by atoms with van der Waals surface area (Å²) in [7, 11) is 0. The summed E-state index contributed by atoms with van der Waals surface area (Å²) < 4.78 is 1.99. The number of aliphatic hydroxyl groups is 1. The number of aryl methyl sites for hydroxylation is 1. The quantitative estimate of drug-likeness (QED) is 0.792. The van der Waals surface area contributed by atoms with Crippen LogP contribution >= 0.6 is 0 Å². The first-order chi connectivity index (χ1) is 9.92. The number of aromatic nitrogens is 2. The molecule has 21 heavy (non-hydrogen) atoms. The Kier molecular flexibility index (Phi) is 3.30. The lowest BCUT2D eigenvalue weighted by Crippen LogP contribution is -2.25. The Morgan fingerprint density at radius 1 is 1.05 bits per heavy atom. The molecule has 0 bridgehead atoms. The summed E-state index contributed by atoms with van der Waals surface area (Å²) in [5, 5.41) is 9.96. The van der Waals surface area contributed by atoms with E-state index < -0.39 is 5.60 Å². The molecule has 1 N–H and O–H groups in total. The van der Waals surface area contributed by atoms with E-state index in [4.69, 9.17) is 0 Å². The summed E-state index contributed by atoms with van der Waals surface area (Å²) in [5.74, 6) is 0. The van der Waals surface area contributed by atoms with Gasteiger partial charge < -0.3 is 9.67 Å². The largest absolute Gasteiger partial charge is 0.389 e. The van der Waals surface area contributed by atoms with E-state index in [0.717, 1.165) is 16.6 Å². The molecular formula is C18H20N2O. The van der Waals surface area contributed by atoms with Crippen LogP contribution in [0.2, 0.25) is 0 Å². The molecule has 3 nitrogen and oxygen atoms in total. The Labute approximate surface area is 124 Å². The smallest absolute Gasteiger partial charge is 0.0959 e. The zero-order chi connectivity index (χ0) is 15.0. The average Bonchev–Trinajstić information content (AvgIpc) is 2.80. The summed E-state index contributed by atoms with van der Waals surface area (Å²) in [6.45, 7) is 6.23. The molecule has 0 amide bonds. The highest BCUT2D eigenvalue weighted by atomic mass is 16.3. The molecular weight excluding hydrogens is 260 g/mol. The molecule has 0 aliphatic carbocycles. The van der Waals surface area contributed by atoms with E-state index >= 15 is 0 Å². The van der Waals surface area contributed by atoms with E-state index in [1.54, 1.807) is 20.2 Å². The second-order valence-corrected chi connectivity index (χ2v) is 6.25. The lowest BCUT2D eigenvalue weighted by atomic mass is 10.0. The molecule has 0 saturated carbocycles. The Bertz CT molecular complexity index is 764. The van der Waals surface area contributed by atoms with Crippen molar-refractivity contribution in [3.05, 3.63) is 54.4 Å². The van der Waals surface area contributed by atoms with Crippen molar-refractivity contribution in [1.82, 2.24) is 9.55 Å². The van der Waals surface area contributed by atoms with Crippen LogP contribution in [0.25, 0.3) is 22.2 Å². The van der Waals surface area contributed by atoms with Crippen molar-refractivity contribution in [2.45, 2.75) is 32.9 Å². The second kappa shape index (κ2) is 5.01. The molecule has 0 aliphatic rings. The van der Waals surface area contributed by atoms with Crippen LogP contribution in [0.1, 0.15) is 19.4 Å². The highest BCUT2D eigenvalue weighted by Crippen LogP contribution is 2.25. The minimum absolute atomic E-state index is 0.535. The lowest BCUT2D eigenvalue weighted by Gasteiger charge is -2.18. The fourth-order valence-electron chi connectivity index (χ4n) is 2.53. The van der Waals surface area contributed by atoms with Gasteiger partial charge in [-0.05, 0) is 44.0 Å². The standard InChI is InChI=1S/C18H20N2O/c1-13-4-6-14(7-5-13)15-8-9-17-16(10-15)19-12-20(17)11-18(2,3)21/h4-10,12,21H,11H2,1-3H3. The monoisotopic (exact) mass is 280 g/mol. The Morgan fingerprint density at radius 2 is 1.71 bits per heavy atom. The summed E-state index contributed by atoms with van der Waals surface area (Å²) >= 11 is 0. The summed E-state index contributed by atoms with van der Waals surface area (Å²) in [6.07, 6.45) is 1.79. The molecule has 0 saturated heterocycles. The molecule has 3 aromatic rings. The van der Waals surface area contributed by atoms with Crippen LogP contribution in [0.4, 0.5) is 0 Å². The number of benzene rings is 2. The number of hydrogen-bond donors (Lipinski definition) is 1. The fraction of sp³-hybridized carbons (Fsp3) is 0.278. The molecule has 0 fully saturated rings. The topological polar surface area (TPSA) is 38.0 Å². The van der Waals surface area contributed by atoms with Crippen molar-refractivity contribution in [3.8, 4) is 11.1 Å². The molecule has 0 aliphatic heterocycles. The van der Waals surface area contributed by atoms with Crippen molar-refractivity contribution < 1.29 is 5.11 Å². The van der Waals surface area contributed by atoms with Gasteiger partial charge in [0.05, 0.1) is 29.5 Å². The number of fused-ring (bicyclic) bond motifs is 1. The van der Waals surface area contributed by atoms with E-state index in [2.05, 4.69) is 54.4 Å². The van der Waals surface area contributed by atoms with Crippen molar-refractivity contribution in [2.24, 2.45) is 0 Å². The van der Waals surface area contributed by atoms with Gasteiger partial charge in [0.25, 0.3) is 0 Å². The normalized spacial score (nSPS) is 12.0. The molecule has 3 heteroatoms. The van der Waals surface area contributed by atoms with Gasteiger partial charge in [0.1, 0.15) is 0 Å². The van der Waals surface area contributed by atoms with Gasteiger partial charge in [-0.25, -0.2) is 4.98 Å². The molecule has 0 atom stereocenters. The second-order valence-electron chi connectivity index (χ2n) is 6.25. The Morgan fingerprint density at radius 3 is 2.38 bits per heavy atom. The van der Waals surface area contributed by atoms with Crippen LogP contribution in [0.5, 0.6) is 0 Å².